The van der Waals surface area contributed by atoms with E-state index in [4.69, 9.17) is 18.9 Å². The van der Waals surface area contributed by atoms with E-state index in [1.165, 1.54) is 6.20 Å². The van der Waals surface area contributed by atoms with Crippen molar-refractivity contribution >= 4 is 45.4 Å². The third-order valence-electron chi connectivity index (χ3n) is 11.8. The standard InChI is InChI=1S/C43H43F3N6O8/c44-43(45,46)34-15-25(24-3-5-30-33-21-47-10-9-35(33)49-36(30)16-24)20-48-40(34)60-28-18-27(19-28)58-13-1-11-57-12-2-14-59-29-22-51(23-29)26-4-6-31-32(17-26)42(56)52(41(31)55)37-7-8-38(53)50-39(37)54/h3,5,9-10,15-17,20-21,27-29,37,49H,1-2,4,6-8,11-14,18-19,22-23H2,(H,50,53,54). The molecule has 1 unspecified atom stereocenters. The largest absolute Gasteiger partial charge is 0.474 e. The van der Waals surface area contributed by atoms with Gasteiger partial charge in [0.15, 0.2) is 0 Å². The number of carbonyl (C=O) groups is 4. The monoisotopic (exact) mass is 828 g/mol. The lowest BCUT2D eigenvalue weighted by molar-refractivity contribution is -0.150. The van der Waals surface area contributed by atoms with Crippen molar-refractivity contribution in [3.05, 3.63) is 77.4 Å². The number of aromatic amines is 1. The Morgan fingerprint density at radius 1 is 0.800 bits per heavy atom. The fraction of sp³-hybridized carbons (Fsp3) is 0.442. The normalized spacial score (nSPS) is 22.3. The van der Waals surface area contributed by atoms with E-state index in [9.17, 15) is 32.3 Å². The van der Waals surface area contributed by atoms with Gasteiger partial charge in [-0.05, 0) is 61.9 Å². The number of ether oxygens (including phenoxy) is 4. The first-order valence-corrected chi connectivity index (χ1v) is 20.3. The average Bonchev–Trinajstić information content (AvgIpc) is 3.69. The van der Waals surface area contributed by atoms with Crippen molar-refractivity contribution in [3.8, 4) is 17.0 Å². The second-order valence-corrected chi connectivity index (χ2v) is 15.8. The lowest BCUT2D eigenvalue weighted by Crippen LogP contribution is -2.54. The molecular formula is C43H43F3N6O8. The van der Waals surface area contributed by atoms with Crippen molar-refractivity contribution < 1.29 is 51.3 Å². The molecule has 6 heterocycles. The lowest BCUT2D eigenvalue weighted by atomic mass is 9.92. The highest BCUT2D eigenvalue weighted by molar-refractivity contribution is 6.23. The molecule has 5 aliphatic rings. The third-order valence-corrected chi connectivity index (χ3v) is 11.8. The predicted molar refractivity (Wildman–Crippen MR) is 209 cm³/mol. The molecule has 14 nitrogen and oxygen atoms in total. The molecule has 9 rings (SSSR count). The van der Waals surface area contributed by atoms with Crippen LogP contribution in [-0.2, 0) is 39.6 Å². The number of fused-ring (bicyclic) bond motifs is 3. The Balaban J connectivity index is 0.641. The number of amides is 4. The van der Waals surface area contributed by atoms with Gasteiger partial charge in [0.05, 0.1) is 17.8 Å². The van der Waals surface area contributed by atoms with Crippen LogP contribution in [0.15, 0.2) is 71.8 Å². The van der Waals surface area contributed by atoms with Gasteiger partial charge >= 0.3 is 6.18 Å². The van der Waals surface area contributed by atoms with Crippen LogP contribution in [0.4, 0.5) is 13.2 Å². The third kappa shape index (κ3) is 8.00. The molecule has 3 aliphatic heterocycles. The summed E-state index contributed by atoms with van der Waals surface area (Å²) in [4.78, 5) is 64.8. The van der Waals surface area contributed by atoms with Crippen LogP contribution < -0.4 is 10.1 Å². The van der Waals surface area contributed by atoms with Crippen molar-refractivity contribution in [1.82, 2.24) is 30.1 Å². The summed E-state index contributed by atoms with van der Waals surface area (Å²) >= 11 is 0. The minimum absolute atomic E-state index is 0.0476. The fourth-order valence-corrected chi connectivity index (χ4v) is 8.40. The Morgan fingerprint density at radius 2 is 1.58 bits per heavy atom. The van der Waals surface area contributed by atoms with E-state index >= 15 is 0 Å². The molecule has 17 heteroatoms. The first-order valence-electron chi connectivity index (χ1n) is 20.3. The Morgan fingerprint density at radius 3 is 2.35 bits per heavy atom. The molecule has 314 valence electrons. The van der Waals surface area contributed by atoms with Gasteiger partial charge in [0, 0.05) is 116 Å². The number of likely N-dealkylation sites (tertiary alicyclic amines) is 1. The number of imide groups is 2. The van der Waals surface area contributed by atoms with Crippen LogP contribution in [0, 0.1) is 0 Å². The Labute approximate surface area is 342 Å². The molecule has 4 amide bonds. The van der Waals surface area contributed by atoms with E-state index in [-0.39, 0.29) is 25.0 Å². The molecular weight excluding hydrogens is 786 g/mol. The molecule has 60 heavy (non-hydrogen) atoms. The molecule has 1 saturated carbocycles. The van der Waals surface area contributed by atoms with Crippen LogP contribution in [0.5, 0.6) is 5.88 Å². The maximum absolute atomic E-state index is 14.2. The van der Waals surface area contributed by atoms with Crippen molar-refractivity contribution in [3.63, 3.8) is 0 Å². The summed E-state index contributed by atoms with van der Waals surface area (Å²) in [5.41, 5.74) is 3.43. The topological polar surface area (TPSA) is 165 Å². The van der Waals surface area contributed by atoms with Crippen molar-refractivity contribution in [2.75, 3.05) is 39.5 Å². The number of benzene rings is 1. The van der Waals surface area contributed by atoms with Gasteiger partial charge in [0.2, 0.25) is 17.7 Å². The summed E-state index contributed by atoms with van der Waals surface area (Å²) in [6, 6.07) is 7.43. The zero-order valence-electron chi connectivity index (χ0n) is 32.6. The summed E-state index contributed by atoms with van der Waals surface area (Å²) in [5.74, 6) is -2.38. The van der Waals surface area contributed by atoms with Crippen molar-refractivity contribution in [2.24, 2.45) is 0 Å². The fourth-order valence-electron chi connectivity index (χ4n) is 8.40. The number of allylic oxidation sites excluding steroid dienone is 1. The molecule has 0 bridgehead atoms. The van der Waals surface area contributed by atoms with Gasteiger partial charge in [0.25, 0.3) is 11.8 Å². The van der Waals surface area contributed by atoms with Crippen LogP contribution in [0.25, 0.3) is 32.9 Å². The summed E-state index contributed by atoms with van der Waals surface area (Å²) in [6.45, 7) is 3.38. The number of carbonyl (C=O) groups excluding carboxylic acids is 4. The molecule has 1 atom stereocenters. The van der Waals surface area contributed by atoms with E-state index in [0.717, 1.165) is 44.9 Å². The first-order chi connectivity index (χ1) is 29.0. The number of alkyl halides is 3. The number of pyridine rings is 2. The SMILES string of the molecule is O=C1CCC(N2C(=O)C3=C(CCC(N4CC(OCCCOCCCOC5CC(Oc6ncc(-c7ccc8c(c7)[nH]c7ccncc78)cc6C(F)(F)F)C5)C4)=C3)C2=O)C(=O)N1. The van der Waals surface area contributed by atoms with Gasteiger partial charge in [-0.2, -0.15) is 13.2 Å². The number of hydrogen-bond acceptors (Lipinski definition) is 11. The summed E-state index contributed by atoms with van der Waals surface area (Å²) in [7, 11) is 0. The zero-order chi connectivity index (χ0) is 41.5. The summed E-state index contributed by atoms with van der Waals surface area (Å²) in [5, 5.41) is 4.09. The predicted octanol–water partition coefficient (Wildman–Crippen LogP) is 5.37. The van der Waals surface area contributed by atoms with E-state index in [1.807, 2.05) is 18.2 Å². The van der Waals surface area contributed by atoms with Crippen LogP contribution in [0.3, 0.4) is 0 Å². The Kier molecular flexibility index (Phi) is 10.9. The second-order valence-electron chi connectivity index (χ2n) is 15.8. The van der Waals surface area contributed by atoms with E-state index in [0.29, 0.717) is 93.9 Å². The lowest BCUT2D eigenvalue weighted by Gasteiger charge is -2.42. The van der Waals surface area contributed by atoms with Crippen LogP contribution in [0.2, 0.25) is 0 Å². The van der Waals surface area contributed by atoms with Crippen LogP contribution in [0.1, 0.15) is 56.9 Å². The highest BCUT2D eigenvalue weighted by Crippen LogP contribution is 2.41. The molecule has 2 aliphatic carbocycles. The van der Waals surface area contributed by atoms with Crippen LogP contribution >= 0.6 is 0 Å². The molecule has 0 spiro atoms. The molecule has 3 aromatic heterocycles. The molecule has 4 aromatic rings. The minimum atomic E-state index is -4.65. The maximum Gasteiger partial charge on any atom is 0.421 e. The van der Waals surface area contributed by atoms with E-state index in [2.05, 4.69) is 25.2 Å². The zero-order valence-corrected chi connectivity index (χ0v) is 32.6. The molecule has 0 radical (unpaired) electrons. The van der Waals surface area contributed by atoms with E-state index in [1.54, 1.807) is 24.5 Å². The summed E-state index contributed by atoms with van der Waals surface area (Å²) in [6.07, 6.45) is 5.06. The van der Waals surface area contributed by atoms with Gasteiger partial charge in [-0.25, -0.2) is 4.98 Å². The minimum Gasteiger partial charge on any atom is -0.474 e. The number of hydrogen-bond donors (Lipinski definition) is 2. The van der Waals surface area contributed by atoms with Gasteiger partial charge < -0.3 is 28.8 Å². The van der Waals surface area contributed by atoms with E-state index < -0.39 is 53.4 Å². The van der Waals surface area contributed by atoms with Gasteiger partial charge in [-0.3, -0.25) is 34.4 Å². The number of nitrogens with zero attached hydrogens (tertiary/aromatic N) is 4. The van der Waals surface area contributed by atoms with Gasteiger partial charge in [0.1, 0.15) is 17.7 Å². The van der Waals surface area contributed by atoms with Gasteiger partial charge in [-0.15, -0.1) is 0 Å². The number of aromatic nitrogens is 3. The van der Waals surface area contributed by atoms with Crippen LogP contribution in [-0.4, -0.2) is 112 Å². The molecule has 2 N–H and O–H groups in total. The Hall–Kier alpha value is -5.65. The molecule has 1 aromatic carbocycles. The Bertz CT molecular complexity index is 2420. The quantitative estimate of drug-likeness (QED) is 0.117. The number of rotatable bonds is 15. The average molecular weight is 829 g/mol. The van der Waals surface area contributed by atoms with Gasteiger partial charge in [-0.1, -0.05) is 12.1 Å². The number of piperidine rings is 1. The van der Waals surface area contributed by atoms with Crippen molar-refractivity contribution in [2.45, 2.75) is 81.9 Å². The number of H-pyrrole nitrogens is 1. The second kappa shape index (κ2) is 16.4. The van der Waals surface area contributed by atoms with Crippen molar-refractivity contribution in [1.29, 1.82) is 0 Å². The number of nitrogens with one attached hydrogen (secondary N) is 2. The maximum atomic E-state index is 14.2. The molecule has 3 fully saturated rings. The molecule has 2 saturated heterocycles. The smallest absolute Gasteiger partial charge is 0.421 e. The summed E-state index contributed by atoms with van der Waals surface area (Å²) < 4.78 is 65.8. The highest BCUT2D eigenvalue weighted by Gasteiger charge is 2.47. The number of halogens is 3. The highest BCUT2D eigenvalue weighted by atomic mass is 19.4. The first kappa shape index (κ1) is 39.8.